The minimum absolute atomic E-state index is 0.0748. The van der Waals surface area contributed by atoms with Crippen molar-refractivity contribution in [2.75, 3.05) is 13.3 Å². The van der Waals surface area contributed by atoms with Gasteiger partial charge in [-0.3, -0.25) is 18.9 Å². The van der Waals surface area contributed by atoms with Gasteiger partial charge in [0.2, 0.25) is 5.85 Å². The summed E-state index contributed by atoms with van der Waals surface area (Å²) in [6, 6.07) is 9.56. The average Bonchev–Trinajstić information content (AvgIpc) is 2.89. The lowest BCUT2D eigenvalue weighted by Gasteiger charge is -2.23. The molecule has 0 amide bonds. The molecule has 1 fully saturated rings. The third-order valence-electron chi connectivity index (χ3n) is 4.10. The van der Waals surface area contributed by atoms with E-state index in [0.29, 0.717) is 5.75 Å². The number of hydrogen-bond donors (Lipinski definition) is 1. The Hall–Kier alpha value is -2.22. The molecule has 1 N–H and O–H groups in total. The summed E-state index contributed by atoms with van der Waals surface area (Å²) in [5.74, 6) is -2.28. The number of nitrogens with one attached hydrogen (secondary N) is 1. The van der Waals surface area contributed by atoms with Crippen LogP contribution in [0.4, 0.5) is 4.39 Å². The number of alkyl halides is 1. The van der Waals surface area contributed by atoms with Crippen molar-refractivity contribution in [3.8, 4) is 5.75 Å². The third kappa shape index (κ3) is 4.74. The number of benzene rings is 1. The molecule has 8 nitrogen and oxygen atoms in total. The van der Waals surface area contributed by atoms with E-state index in [9.17, 15) is 14.2 Å². The van der Waals surface area contributed by atoms with Gasteiger partial charge >= 0.3 is 13.3 Å². The topological polar surface area (TPSA) is 99.6 Å². The Labute approximate surface area is 154 Å². The number of rotatable bonds is 6. The Morgan fingerprint density at radius 2 is 2.04 bits per heavy atom. The first-order chi connectivity index (χ1) is 12.7. The number of halogens is 1. The Kier molecular flexibility index (Phi) is 5.37. The summed E-state index contributed by atoms with van der Waals surface area (Å²) in [7, 11) is -3.57. The van der Waals surface area contributed by atoms with Crippen LogP contribution in [-0.2, 0) is 13.8 Å². The first-order valence-electron chi connectivity index (χ1n) is 8.32. The van der Waals surface area contributed by atoms with E-state index in [1.807, 2.05) is 0 Å². The van der Waals surface area contributed by atoms with Gasteiger partial charge in [0.1, 0.15) is 18.6 Å². The van der Waals surface area contributed by atoms with Crippen molar-refractivity contribution < 1.29 is 22.7 Å². The molecule has 27 heavy (non-hydrogen) atoms. The van der Waals surface area contributed by atoms with Crippen molar-refractivity contribution >= 4 is 7.60 Å². The van der Waals surface area contributed by atoms with Crippen LogP contribution in [0.3, 0.4) is 0 Å². The highest BCUT2D eigenvalue weighted by Gasteiger charge is 2.47. The van der Waals surface area contributed by atoms with Crippen LogP contribution >= 0.6 is 7.60 Å². The molecule has 1 saturated heterocycles. The van der Waals surface area contributed by atoms with Gasteiger partial charge in [0, 0.05) is 31.3 Å². The molecule has 1 aromatic heterocycles. The highest BCUT2D eigenvalue weighted by Crippen LogP contribution is 2.48. The fourth-order valence-electron chi connectivity index (χ4n) is 2.93. The molecule has 10 heteroatoms. The highest BCUT2D eigenvalue weighted by atomic mass is 31.2. The quantitative estimate of drug-likeness (QED) is 0.751. The second-order valence-corrected chi connectivity index (χ2v) is 8.52. The molecule has 0 radical (unpaired) electrons. The van der Waals surface area contributed by atoms with E-state index in [4.69, 9.17) is 13.8 Å². The van der Waals surface area contributed by atoms with E-state index in [-0.39, 0.29) is 12.3 Å². The second-order valence-electron chi connectivity index (χ2n) is 6.54. The van der Waals surface area contributed by atoms with Crippen molar-refractivity contribution in [2.24, 2.45) is 5.92 Å². The van der Waals surface area contributed by atoms with Crippen LogP contribution in [0.5, 0.6) is 5.75 Å². The minimum atomic E-state index is -3.57. The van der Waals surface area contributed by atoms with Crippen LogP contribution in [0.1, 0.15) is 19.6 Å². The summed E-state index contributed by atoms with van der Waals surface area (Å²) >= 11 is 0. The number of aromatic amines is 1. The molecule has 4 unspecified atom stereocenters. The van der Waals surface area contributed by atoms with Crippen molar-refractivity contribution in [2.45, 2.75) is 25.4 Å². The van der Waals surface area contributed by atoms with Crippen LogP contribution in [0, 0.1) is 5.92 Å². The van der Waals surface area contributed by atoms with Crippen molar-refractivity contribution in [3.63, 3.8) is 0 Å². The normalized spacial score (nSPS) is 27.2. The highest BCUT2D eigenvalue weighted by molar-refractivity contribution is 7.53. The molecular weight excluding hydrogens is 378 g/mol. The molecule has 1 aliphatic rings. The lowest BCUT2D eigenvalue weighted by Crippen LogP contribution is -2.34. The molecule has 1 aromatic carbocycles. The summed E-state index contributed by atoms with van der Waals surface area (Å²) in [5.41, 5.74) is -1.25. The van der Waals surface area contributed by atoms with Crippen molar-refractivity contribution in [1.82, 2.24) is 9.55 Å². The zero-order valence-electron chi connectivity index (χ0n) is 14.8. The molecule has 0 bridgehead atoms. The molecule has 0 spiro atoms. The van der Waals surface area contributed by atoms with Crippen LogP contribution in [-0.4, -0.2) is 28.7 Å². The van der Waals surface area contributed by atoms with Gasteiger partial charge in [0.05, 0.1) is 0 Å². The van der Waals surface area contributed by atoms with E-state index in [0.717, 1.165) is 10.6 Å². The lowest BCUT2D eigenvalue weighted by molar-refractivity contribution is -0.175. The van der Waals surface area contributed by atoms with Crippen LogP contribution in [0.2, 0.25) is 0 Å². The zero-order chi connectivity index (χ0) is 19.7. The summed E-state index contributed by atoms with van der Waals surface area (Å²) < 4.78 is 44.5. The number of hydrogen-bond acceptors (Lipinski definition) is 6. The average molecular weight is 398 g/mol. The lowest BCUT2D eigenvalue weighted by atomic mass is 10.1. The largest absolute Gasteiger partial charge is 0.425 e. The second kappa shape index (κ2) is 7.42. The van der Waals surface area contributed by atoms with Gasteiger partial charge in [-0.1, -0.05) is 25.1 Å². The Morgan fingerprint density at radius 1 is 1.33 bits per heavy atom. The number of H-pyrrole nitrogens is 1. The molecule has 0 saturated carbocycles. The molecule has 146 valence electrons. The van der Waals surface area contributed by atoms with E-state index in [1.54, 1.807) is 37.3 Å². The maximum absolute atomic E-state index is 15.1. The maximum atomic E-state index is 15.1. The van der Waals surface area contributed by atoms with Gasteiger partial charge < -0.3 is 9.26 Å². The molecule has 1 aliphatic heterocycles. The predicted octanol–water partition coefficient (Wildman–Crippen LogP) is 2.68. The smallest absolute Gasteiger partial charge is 0.376 e. The standard InChI is InChI=1S/C17H20FN2O6P/c1-12-10-17(18,25-15(12)20-9-8-14(21)19-16(20)22)11-24-27(2,23)26-13-6-4-3-5-7-13/h3-9,12,15H,10-11H2,1-2H3,(H,19,21,22). The molecule has 2 aromatic rings. The fraction of sp³-hybridized carbons (Fsp3) is 0.412. The van der Waals surface area contributed by atoms with Gasteiger partial charge in [0.25, 0.3) is 5.56 Å². The van der Waals surface area contributed by atoms with Crippen molar-refractivity contribution in [3.05, 3.63) is 63.4 Å². The molecule has 2 heterocycles. The molecular formula is C17H20FN2O6P. The number of nitrogens with zero attached hydrogens (tertiary/aromatic N) is 1. The number of ether oxygens (including phenoxy) is 1. The van der Waals surface area contributed by atoms with Gasteiger partial charge in [-0.25, -0.2) is 13.8 Å². The van der Waals surface area contributed by atoms with Gasteiger partial charge in [0.15, 0.2) is 0 Å². The first kappa shape index (κ1) is 19.5. The number of aromatic nitrogens is 2. The predicted molar refractivity (Wildman–Crippen MR) is 95.6 cm³/mol. The van der Waals surface area contributed by atoms with E-state index >= 15 is 4.39 Å². The third-order valence-corrected chi connectivity index (χ3v) is 5.24. The van der Waals surface area contributed by atoms with E-state index in [2.05, 4.69) is 4.98 Å². The monoisotopic (exact) mass is 398 g/mol. The Balaban J connectivity index is 1.67. The van der Waals surface area contributed by atoms with Crippen LogP contribution in [0.25, 0.3) is 0 Å². The van der Waals surface area contributed by atoms with Crippen LogP contribution < -0.4 is 15.8 Å². The number of para-hydroxylation sites is 1. The molecule has 4 atom stereocenters. The van der Waals surface area contributed by atoms with Gasteiger partial charge in [-0.05, 0) is 12.1 Å². The summed E-state index contributed by atoms with van der Waals surface area (Å²) in [6.45, 7) is 2.33. The molecule has 0 aliphatic carbocycles. The zero-order valence-corrected chi connectivity index (χ0v) is 15.7. The SMILES string of the molecule is CC1CC(F)(COP(C)(=O)Oc2ccccc2)OC1n1ccc(=O)[nH]c1=O. The summed E-state index contributed by atoms with van der Waals surface area (Å²) in [5, 5.41) is 0. The fourth-order valence-corrected chi connectivity index (χ4v) is 3.91. The van der Waals surface area contributed by atoms with E-state index in [1.165, 1.54) is 12.9 Å². The van der Waals surface area contributed by atoms with E-state index < -0.39 is 37.5 Å². The first-order valence-corrected chi connectivity index (χ1v) is 10.3. The summed E-state index contributed by atoms with van der Waals surface area (Å²) in [6.07, 6.45) is 0.251. The van der Waals surface area contributed by atoms with Gasteiger partial charge in [-0.15, -0.1) is 0 Å². The van der Waals surface area contributed by atoms with Crippen LogP contribution in [0.15, 0.2) is 52.2 Å². The minimum Gasteiger partial charge on any atom is -0.425 e. The molecule has 3 rings (SSSR count). The van der Waals surface area contributed by atoms with Crippen molar-refractivity contribution in [1.29, 1.82) is 0 Å². The maximum Gasteiger partial charge on any atom is 0.376 e. The Morgan fingerprint density at radius 3 is 2.70 bits per heavy atom. The van der Waals surface area contributed by atoms with Gasteiger partial charge in [-0.2, -0.15) is 0 Å². The summed E-state index contributed by atoms with van der Waals surface area (Å²) in [4.78, 5) is 25.2. The Bertz CT molecular complexity index is 962.